The van der Waals surface area contributed by atoms with Gasteiger partial charge in [0.1, 0.15) is 0 Å². The molecule has 0 saturated carbocycles. The molecular weight excluding hydrogens is 362 g/mol. The molecule has 0 aliphatic heterocycles. The van der Waals surface area contributed by atoms with Crippen LogP contribution in [0.15, 0.2) is 24.3 Å². The standard InChI is InChI=1S/C19H23N5O2S/c1-11-12(2)27-18-22-17(23-24(11)18)21-15(25)10-20-16(26)13-6-8-14(9-7-13)19(3,4)5/h6-9H,10H2,1-5H3,(H,20,26)(H,21,23,25). The Bertz CT molecular complexity index is 996. The second-order valence-corrected chi connectivity index (χ2v) is 8.61. The van der Waals surface area contributed by atoms with Crippen LogP contribution in [0.1, 0.15) is 47.3 Å². The first-order valence-electron chi connectivity index (χ1n) is 8.66. The average molecular weight is 385 g/mol. The summed E-state index contributed by atoms with van der Waals surface area (Å²) in [6.07, 6.45) is 0. The van der Waals surface area contributed by atoms with E-state index in [1.807, 2.05) is 26.0 Å². The van der Waals surface area contributed by atoms with Gasteiger partial charge in [0.15, 0.2) is 0 Å². The molecule has 0 radical (unpaired) electrons. The summed E-state index contributed by atoms with van der Waals surface area (Å²) in [4.78, 5) is 30.4. The van der Waals surface area contributed by atoms with Crippen LogP contribution in [0, 0.1) is 13.8 Å². The van der Waals surface area contributed by atoms with Crippen LogP contribution in [0.4, 0.5) is 5.95 Å². The van der Waals surface area contributed by atoms with Gasteiger partial charge < -0.3 is 5.32 Å². The predicted molar refractivity (Wildman–Crippen MR) is 106 cm³/mol. The van der Waals surface area contributed by atoms with Crippen LogP contribution in [-0.2, 0) is 10.2 Å². The van der Waals surface area contributed by atoms with E-state index in [1.165, 1.54) is 11.3 Å². The van der Waals surface area contributed by atoms with Crippen LogP contribution in [0.25, 0.3) is 4.96 Å². The second kappa shape index (κ2) is 7.11. The monoisotopic (exact) mass is 385 g/mol. The van der Waals surface area contributed by atoms with Crippen molar-refractivity contribution in [1.82, 2.24) is 19.9 Å². The maximum atomic E-state index is 12.2. The second-order valence-electron chi connectivity index (χ2n) is 7.43. The minimum absolute atomic E-state index is 0.0249. The molecule has 3 rings (SSSR count). The van der Waals surface area contributed by atoms with Gasteiger partial charge in [-0.15, -0.1) is 5.10 Å². The van der Waals surface area contributed by atoms with E-state index in [-0.39, 0.29) is 29.7 Å². The van der Waals surface area contributed by atoms with E-state index < -0.39 is 0 Å². The van der Waals surface area contributed by atoms with Crippen molar-refractivity contribution in [2.24, 2.45) is 0 Å². The molecular formula is C19H23N5O2S. The number of nitrogens with zero attached hydrogens (tertiary/aromatic N) is 3. The number of thiazole rings is 1. The number of aryl methyl sites for hydroxylation is 2. The summed E-state index contributed by atoms with van der Waals surface area (Å²) in [5.41, 5.74) is 2.68. The van der Waals surface area contributed by atoms with E-state index in [0.717, 1.165) is 21.1 Å². The number of aromatic nitrogens is 3. The molecule has 0 unspecified atom stereocenters. The van der Waals surface area contributed by atoms with Gasteiger partial charge in [0, 0.05) is 10.4 Å². The fraction of sp³-hybridized carbons (Fsp3) is 0.368. The lowest BCUT2D eigenvalue weighted by atomic mass is 9.87. The predicted octanol–water partition coefficient (Wildman–Crippen LogP) is 3.07. The summed E-state index contributed by atoms with van der Waals surface area (Å²) < 4.78 is 1.70. The molecule has 8 heteroatoms. The normalized spacial score (nSPS) is 11.6. The number of carbonyl (C=O) groups excluding carboxylic acids is 2. The molecule has 2 amide bonds. The SMILES string of the molecule is Cc1sc2nc(NC(=O)CNC(=O)c3ccc(C(C)(C)C)cc3)nn2c1C. The molecule has 0 atom stereocenters. The van der Waals surface area contributed by atoms with Crippen molar-refractivity contribution in [2.45, 2.75) is 40.0 Å². The van der Waals surface area contributed by atoms with E-state index in [1.54, 1.807) is 16.6 Å². The highest BCUT2D eigenvalue weighted by molar-refractivity contribution is 7.17. The first-order valence-corrected chi connectivity index (χ1v) is 9.48. The van der Waals surface area contributed by atoms with E-state index >= 15 is 0 Å². The quantitative estimate of drug-likeness (QED) is 0.722. The Labute approximate surface area is 161 Å². The fourth-order valence-electron chi connectivity index (χ4n) is 2.55. The third kappa shape index (κ3) is 4.16. The summed E-state index contributed by atoms with van der Waals surface area (Å²) in [7, 11) is 0. The molecule has 1 aromatic carbocycles. The lowest BCUT2D eigenvalue weighted by molar-refractivity contribution is -0.115. The Morgan fingerprint density at radius 2 is 1.81 bits per heavy atom. The zero-order chi connectivity index (χ0) is 19.8. The maximum Gasteiger partial charge on any atom is 0.251 e. The average Bonchev–Trinajstić information content (AvgIpc) is 3.11. The number of hydrogen-bond donors (Lipinski definition) is 2. The molecule has 0 aliphatic carbocycles. The van der Waals surface area contributed by atoms with E-state index in [0.29, 0.717) is 5.56 Å². The minimum Gasteiger partial charge on any atom is -0.343 e. The molecule has 27 heavy (non-hydrogen) atoms. The van der Waals surface area contributed by atoms with Crippen molar-refractivity contribution in [2.75, 3.05) is 11.9 Å². The number of nitrogens with one attached hydrogen (secondary N) is 2. The number of rotatable bonds is 4. The Balaban J connectivity index is 1.57. The van der Waals surface area contributed by atoms with Gasteiger partial charge in [-0.05, 0) is 37.0 Å². The van der Waals surface area contributed by atoms with Crippen molar-refractivity contribution in [3.63, 3.8) is 0 Å². The molecule has 2 heterocycles. The Morgan fingerprint density at radius 1 is 1.15 bits per heavy atom. The third-order valence-electron chi connectivity index (χ3n) is 4.32. The maximum absolute atomic E-state index is 12.2. The summed E-state index contributed by atoms with van der Waals surface area (Å²) in [5, 5.41) is 9.49. The fourth-order valence-corrected chi connectivity index (χ4v) is 3.45. The van der Waals surface area contributed by atoms with Gasteiger partial charge in [0.2, 0.25) is 16.8 Å². The molecule has 2 aromatic heterocycles. The van der Waals surface area contributed by atoms with Crippen molar-refractivity contribution in [3.8, 4) is 0 Å². The number of anilines is 1. The lowest BCUT2D eigenvalue weighted by Crippen LogP contribution is -2.33. The number of fused-ring (bicyclic) bond motifs is 1. The third-order valence-corrected chi connectivity index (χ3v) is 5.37. The number of amides is 2. The zero-order valence-corrected chi connectivity index (χ0v) is 16.9. The Hall–Kier alpha value is -2.74. The van der Waals surface area contributed by atoms with Crippen LogP contribution >= 0.6 is 11.3 Å². The highest BCUT2D eigenvalue weighted by Gasteiger charge is 2.16. The van der Waals surface area contributed by atoms with Crippen molar-refractivity contribution in [1.29, 1.82) is 0 Å². The van der Waals surface area contributed by atoms with Gasteiger partial charge >= 0.3 is 0 Å². The van der Waals surface area contributed by atoms with Crippen LogP contribution in [-0.4, -0.2) is 33.0 Å². The van der Waals surface area contributed by atoms with Crippen molar-refractivity contribution < 1.29 is 9.59 Å². The van der Waals surface area contributed by atoms with Gasteiger partial charge in [0.05, 0.1) is 12.2 Å². The smallest absolute Gasteiger partial charge is 0.251 e. The number of hydrogen-bond acceptors (Lipinski definition) is 5. The van der Waals surface area contributed by atoms with E-state index in [9.17, 15) is 9.59 Å². The first-order chi connectivity index (χ1) is 12.6. The van der Waals surface area contributed by atoms with Crippen LogP contribution in [0.3, 0.4) is 0 Å². The molecule has 0 bridgehead atoms. The van der Waals surface area contributed by atoms with Crippen LogP contribution in [0.2, 0.25) is 0 Å². The molecule has 7 nitrogen and oxygen atoms in total. The molecule has 0 spiro atoms. The highest BCUT2D eigenvalue weighted by Crippen LogP contribution is 2.22. The topological polar surface area (TPSA) is 88.4 Å². The van der Waals surface area contributed by atoms with E-state index in [4.69, 9.17) is 0 Å². The Morgan fingerprint density at radius 3 is 2.41 bits per heavy atom. The Kier molecular flexibility index (Phi) is 5.01. The molecule has 0 saturated heterocycles. The van der Waals surface area contributed by atoms with Gasteiger partial charge in [-0.3, -0.25) is 14.9 Å². The summed E-state index contributed by atoms with van der Waals surface area (Å²) in [6, 6.07) is 7.40. The minimum atomic E-state index is -0.373. The molecule has 0 fully saturated rings. The summed E-state index contributed by atoms with van der Waals surface area (Å²) in [5.74, 6) is -0.434. The lowest BCUT2D eigenvalue weighted by Gasteiger charge is -2.19. The molecule has 0 aliphatic rings. The van der Waals surface area contributed by atoms with Crippen molar-refractivity contribution in [3.05, 3.63) is 46.0 Å². The number of carbonyl (C=O) groups is 2. The zero-order valence-electron chi connectivity index (χ0n) is 16.1. The largest absolute Gasteiger partial charge is 0.343 e. The molecule has 142 valence electrons. The van der Waals surface area contributed by atoms with Gasteiger partial charge in [-0.1, -0.05) is 44.2 Å². The van der Waals surface area contributed by atoms with Crippen LogP contribution in [0.5, 0.6) is 0 Å². The van der Waals surface area contributed by atoms with Crippen LogP contribution < -0.4 is 10.6 Å². The van der Waals surface area contributed by atoms with Gasteiger partial charge in [-0.2, -0.15) is 4.98 Å². The van der Waals surface area contributed by atoms with Crippen molar-refractivity contribution >= 4 is 34.1 Å². The van der Waals surface area contributed by atoms with Gasteiger partial charge in [-0.25, -0.2) is 4.52 Å². The molecule has 3 aromatic rings. The highest BCUT2D eigenvalue weighted by atomic mass is 32.1. The van der Waals surface area contributed by atoms with E-state index in [2.05, 4.69) is 41.5 Å². The molecule has 2 N–H and O–H groups in total. The number of benzene rings is 1. The summed E-state index contributed by atoms with van der Waals surface area (Å²) in [6.45, 7) is 10.1. The van der Waals surface area contributed by atoms with Gasteiger partial charge in [0.25, 0.3) is 5.91 Å². The first kappa shape index (κ1) is 19.0. The summed E-state index contributed by atoms with van der Waals surface area (Å²) >= 11 is 1.51.